The predicted octanol–water partition coefficient (Wildman–Crippen LogP) is 3.08. The standard InChI is InChI=1S/C14H15N3O2/c1-10-4-3-5-12(8-10)6-7-15-14(18)16-13-9-11(2)19-17-13/h3-9H,1-2H3,(H2,15,16,17,18)/b7-6+. The van der Waals surface area contributed by atoms with Crippen molar-refractivity contribution in [1.82, 2.24) is 10.5 Å². The molecule has 2 rings (SSSR count). The zero-order valence-electron chi connectivity index (χ0n) is 10.8. The molecule has 2 aromatic rings. The molecule has 19 heavy (non-hydrogen) atoms. The highest BCUT2D eigenvalue weighted by atomic mass is 16.5. The Labute approximate surface area is 111 Å². The van der Waals surface area contributed by atoms with E-state index < -0.39 is 0 Å². The number of hydrogen-bond acceptors (Lipinski definition) is 3. The normalized spacial score (nSPS) is 10.6. The molecule has 0 aliphatic rings. The fourth-order valence-electron chi connectivity index (χ4n) is 1.57. The zero-order valence-corrected chi connectivity index (χ0v) is 10.8. The molecular formula is C14H15N3O2. The van der Waals surface area contributed by atoms with E-state index in [0.29, 0.717) is 11.6 Å². The first-order valence-electron chi connectivity index (χ1n) is 5.87. The number of urea groups is 1. The van der Waals surface area contributed by atoms with Crippen LogP contribution in [0.2, 0.25) is 0 Å². The second kappa shape index (κ2) is 5.86. The summed E-state index contributed by atoms with van der Waals surface area (Å²) in [6, 6.07) is 9.25. The number of carbonyl (C=O) groups excluding carboxylic acids is 1. The van der Waals surface area contributed by atoms with Crippen LogP contribution in [0.25, 0.3) is 6.08 Å². The third-order valence-corrected chi connectivity index (χ3v) is 2.40. The van der Waals surface area contributed by atoms with Crippen molar-refractivity contribution in [1.29, 1.82) is 0 Å². The van der Waals surface area contributed by atoms with Gasteiger partial charge in [-0.2, -0.15) is 0 Å². The van der Waals surface area contributed by atoms with Crippen LogP contribution in [-0.2, 0) is 0 Å². The molecule has 1 aromatic carbocycles. The van der Waals surface area contributed by atoms with Crippen molar-refractivity contribution >= 4 is 17.9 Å². The van der Waals surface area contributed by atoms with E-state index in [0.717, 1.165) is 5.56 Å². The summed E-state index contributed by atoms with van der Waals surface area (Å²) in [4.78, 5) is 11.5. The van der Waals surface area contributed by atoms with Gasteiger partial charge < -0.3 is 9.84 Å². The largest absolute Gasteiger partial charge is 0.360 e. The van der Waals surface area contributed by atoms with E-state index in [-0.39, 0.29) is 6.03 Å². The van der Waals surface area contributed by atoms with Gasteiger partial charge in [0.15, 0.2) is 5.82 Å². The lowest BCUT2D eigenvalue weighted by molar-refractivity contribution is 0.255. The average Bonchev–Trinajstić information content (AvgIpc) is 2.75. The van der Waals surface area contributed by atoms with Gasteiger partial charge >= 0.3 is 6.03 Å². The van der Waals surface area contributed by atoms with Crippen molar-refractivity contribution in [2.45, 2.75) is 13.8 Å². The zero-order chi connectivity index (χ0) is 13.7. The fraction of sp³-hybridized carbons (Fsp3) is 0.143. The fourth-order valence-corrected chi connectivity index (χ4v) is 1.57. The van der Waals surface area contributed by atoms with Crippen LogP contribution in [0.4, 0.5) is 10.6 Å². The highest BCUT2D eigenvalue weighted by Gasteiger charge is 2.03. The summed E-state index contributed by atoms with van der Waals surface area (Å²) in [6.07, 6.45) is 3.40. The summed E-state index contributed by atoms with van der Waals surface area (Å²) < 4.78 is 4.84. The van der Waals surface area contributed by atoms with E-state index in [1.807, 2.05) is 37.3 Å². The second-order valence-electron chi connectivity index (χ2n) is 4.17. The number of rotatable bonds is 3. The molecule has 0 fully saturated rings. The number of amides is 2. The molecule has 0 saturated carbocycles. The molecule has 2 amide bonds. The number of anilines is 1. The highest BCUT2D eigenvalue weighted by Crippen LogP contribution is 2.07. The number of carbonyl (C=O) groups is 1. The summed E-state index contributed by atoms with van der Waals surface area (Å²) >= 11 is 0. The third kappa shape index (κ3) is 3.99. The van der Waals surface area contributed by atoms with Gasteiger partial charge in [-0.05, 0) is 25.5 Å². The van der Waals surface area contributed by atoms with Crippen LogP contribution >= 0.6 is 0 Å². The number of aryl methyl sites for hydroxylation is 2. The summed E-state index contributed by atoms with van der Waals surface area (Å²) in [5.74, 6) is 1.03. The van der Waals surface area contributed by atoms with Gasteiger partial charge in [-0.3, -0.25) is 5.32 Å². The Bertz CT molecular complexity index is 602. The predicted molar refractivity (Wildman–Crippen MR) is 73.6 cm³/mol. The maximum atomic E-state index is 11.5. The molecule has 0 aliphatic carbocycles. The topological polar surface area (TPSA) is 67.2 Å². The minimum absolute atomic E-state index is 0.364. The third-order valence-electron chi connectivity index (χ3n) is 2.40. The molecule has 0 aliphatic heterocycles. The van der Waals surface area contributed by atoms with Gasteiger partial charge in [0.1, 0.15) is 5.76 Å². The summed E-state index contributed by atoms with van der Waals surface area (Å²) in [7, 11) is 0. The molecule has 98 valence electrons. The lowest BCUT2D eigenvalue weighted by Crippen LogP contribution is -2.23. The van der Waals surface area contributed by atoms with Crippen LogP contribution in [0.15, 0.2) is 41.1 Å². The average molecular weight is 257 g/mol. The van der Waals surface area contributed by atoms with E-state index >= 15 is 0 Å². The van der Waals surface area contributed by atoms with Crippen LogP contribution in [0.5, 0.6) is 0 Å². The van der Waals surface area contributed by atoms with Crippen molar-refractivity contribution in [3.05, 3.63) is 53.4 Å². The van der Waals surface area contributed by atoms with Crippen LogP contribution < -0.4 is 10.6 Å². The summed E-state index contributed by atoms with van der Waals surface area (Å²) in [5, 5.41) is 8.81. The first kappa shape index (κ1) is 12.9. The van der Waals surface area contributed by atoms with E-state index in [4.69, 9.17) is 4.52 Å². The van der Waals surface area contributed by atoms with Gasteiger partial charge in [0.25, 0.3) is 0 Å². The van der Waals surface area contributed by atoms with E-state index in [9.17, 15) is 4.79 Å². The molecule has 5 heteroatoms. The van der Waals surface area contributed by atoms with E-state index in [2.05, 4.69) is 15.8 Å². The number of aromatic nitrogens is 1. The molecule has 0 atom stereocenters. The molecule has 2 N–H and O–H groups in total. The van der Waals surface area contributed by atoms with Crippen molar-refractivity contribution in [3.8, 4) is 0 Å². The highest BCUT2D eigenvalue weighted by molar-refractivity contribution is 5.89. The smallest absolute Gasteiger partial charge is 0.324 e. The molecule has 5 nitrogen and oxygen atoms in total. The molecule has 1 heterocycles. The van der Waals surface area contributed by atoms with Crippen molar-refractivity contribution in [2.24, 2.45) is 0 Å². The monoisotopic (exact) mass is 257 g/mol. The first-order chi connectivity index (χ1) is 9.13. The first-order valence-corrected chi connectivity index (χ1v) is 5.87. The van der Waals surface area contributed by atoms with Crippen LogP contribution in [-0.4, -0.2) is 11.2 Å². The van der Waals surface area contributed by atoms with Crippen molar-refractivity contribution < 1.29 is 9.32 Å². The van der Waals surface area contributed by atoms with Gasteiger partial charge in [0.2, 0.25) is 0 Å². The lowest BCUT2D eigenvalue weighted by atomic mass is 10.1. The number of hydrogen-bond donors (Lipinski definition) is 2. The Kier molecular flexibility index (Phi) is 3.97. The minimum Gasteiger partial charge on any atom is -0.360 e. The molecule has 0 radical (unpaired) electrons. The van der Waals surface area contributed by atoms with Gasteiger partial charge in [-0.25, -0.2) is 4.79 Å². The SMILES string of the molecule is Cc1cccc(/C=C/NC(=O)Nc2cc(C)on2)c1. The Morgan fingerprint density at radius 3 is 2.84 bits per heavy atom. The molecular weight excluding hydrogens is 242 g/mol. The van der Waals surface area contributed by atoms with Crippen LogP contribution in [0, 0.1) is 13.8 Å². The summed E-state index contributed by atoms with van der Waals surface area (Å²) in [5.41, 5.74) is 2.20. The number of benzene rings is 1. The molecule has 0 saturated heterocycles. The quantitative estimate of drug-likeness (QED) is 0.887. The van der Waals surface area contributed by atoms with Crippen molar-refractivity contribution in [3.63, 3.8) is 0 Å². The maximum Gasteiger partial charge on any atom is 0.324 e. The van der Waals surface area contributed by atoms with E-state index in [1.165, 1.54) is 5.56 Å². The molecule has 0 spiro atoms. The van der Waals surface area contributed by atoms with Gasteiger partial charge in [0.05, 0.1) is 0 Å². The molecule has 0 unspecified atom stereocenters. The Balaban J connectivity index is 1.86. The molecule has 0 bridgehead atoms. The minimum atomic E-state index is -0.364. The van der Waals surface area contributed by atoms with Gasteiger partial charge in [0, 0.05) is 12.3 Å². The number of nitrogens with zero attached hydrogens (tertiary/aromatic N) is 1. The Morgan fingerprint density at radius 1 is 1.32 bits per heavy atom. The van der Waals surface area contributed by atoms with Crippen molar-refractivity contribution in [2.75, 3.05) is 5.32 Å². The van der Waals surface area contributed by atoms with Gasteiger partial charge in [-0.15, -0.1) is 0 Å². The Morgan fingerprint density at radius 2 is 2.16 bits per heavy atom. The Hall–Kier alpha value is -2.56. The van der Waals surface area contributed by atoms with Crippen LogP contribution in [0.1, 0.15) is 16.9 Å². The second-order valence-corrected chi connectivity index (χ2v) is 4.17. The summed E-state index contributed by atoms with van der Waals surface area (Å²) in [6.45, 7) is 3.78. The van der Waals surface area contributed by atoms with E-state index in [1.54, 1.807) is 19.2 Å². The number of nitrogens with one attached hydrogen (secondary N) is 2. The molecule has 1 aromatic heterocycles. The van der Waals surface area contributed by atoms with Crippen LogP contribution in [0.3, 0.4) is 0 Å². The maximum absolute atomic E-state index is 11.5. The van der Waals surface area contributed by atoms with Gasteiger partial charge in [-0.1, -0.05) is 35.0 Å². The lowest BCUT2D eigenvalue weighted by Gasteiger charge is -2.00.